The minimum Gasteiger partial charge on any atom is -0.493 e. The number of carbonyl (C=O) groups is 1. The number of nitro groups is 2. The van der Waals surface area contributed by atoms with Gasteiger partial charge in [0.25, 0.3) is 17.3 Å². The highest BCUT2D eigenvalue weighted by molar-refractivity contribution is 5.96. The third-order valence-electron chi connectivity index (χ3n) is 3.37. The molecule has 11 heteroatoms. The van der Waals surface area contributed by atoms with Gasteiger partial charge in [-0.15, -0.1) is 0 Å². The quantitative estimate of drug-likeness (QED) is 0.444. The van der Waals surface area contributed by atoms with E-state index in [-0.39, 0.29) is 5.56 Å². The summed E-state index contributed by atoms with van der Waals surface area (Å²) in [7, 11) is 2.96. The first-order valence-electron chi connectivity index (χ1n) is 7.35. The average Bonchev–Trinajstić information content (AvgIpc) is 2.67. The number of hydrogen-bond acceptors (Lipinski definition) is 8. The first kappa shape index (κ1) is 19.3. The van der Waals surface area contributed by atoms with Gasteiger partial charge in [-0.05, 0) is 23.8 Å². The lowest BCUT2D eigenvalue weighted by atomic mass is 10.1. The van der Waals surface area contributed by atoms with Crippen LogP contribution in [-0.4, -0.2) is 36.2 Å². The molecule has 0 aliphatic rings. The molecule has 0 saturated heterocycles. The molecule has 2 rings (SSSR count). The van der Waals surface area contributed by atoms with Gasteiger partial charge in [-0.1, -0.05) is 0 Å². The zero-order valence-corrected chi connectivity index (χ0v) is 14.2. The van der Waals surface area contributed by atoms with E-state index in [1.807, 2.05) is 0 Å². The molecular formula is C16H14N4O7. The van der Waals surface area contributed by atoms with E-state index in [0.29, 0.717) is 17.1 Å². The minimum absolute atomic E-state index is 0.264. The van der Waals surface area contributed by atoms with Crippen LogP contribution in [0.3, 0.4) is 0 Å². The van der Waals surface area contributed by atoms with Crippen molar-refractivity contribution in [3.05, 3.63) is 67.8 Å². The number of ether oxygens (including phenoxy) is 2. The van der Waals surface area contributed by atoms with Crippen LogP contribution >= 0.6 is 0 Å². The number of nitrogens with one attached hydrogen (secondary N) is 1. The summed E-state index contributed by atoms with van der Waals surface area (Å²) in [5.74, 6) is 0.142. The zero-order chi connectivity index (χ0) is 20.0. The second-order valence-corrected chi connectivity index (χ2v) is 5.07. The van der Waals surface area contributed by atoms with E-state index in [1.54, 1.807) is 18.2 Å². The lowest BCUT2D eigenvalue weighted by Crippen LogP contribution is -2.18. The van der Waals surface area contributed by atoms with Crippen molar-refractivity contribution in [1.29, 1.82) is 0 Å². The van der Waals surface area contributed by atoms with Gasteiger partial charge in [0.15, 0.2) is 11.5 Å². The number of nitrogens with zero attached hydrogens (tertiary/aromatic N) is 3. The molecule has 0 spiro atoms. The van der Waals surface area contributed by atoms with Crippen molar-refractivity contribution in [2.45, 2.75) is 0 Å². The van der Waals surface area contributed by atoms with Gasteiger partial charge in [0.1, 0.15) is 0 Å². The van der Waals surface area contributed by atoms with Crippen molar-refractivity contribution in [1.82, 2.24) is 5.43 Å². The Bertz CT molecular complexity index is 895. The molecule has 0 aliphatic heterocycles. The smallest absolute Gasteiger partial charge is 0.277 e. The lowest BCUT2D eigenvalue weighted by molar-refractivity contribution is -0.394. The van der Waals surface area contributed by atoms with Gasteiger partial charge in [0.2, 0.25) is 0 Å². The first-order chi connectivity index (χ1) is 12.8. The Morgan fingerprint density at radius 3 is 2.11 bits per heavy atom. The molecule has 0 saturated carbocycles. The highest BCUT2D eigenvalue weighted by atomic mass is 16.6. The van der Waals surface area contributed by atoms with Crippen molar-refractivity contribution in [3.63, 3.8) is 0 Å². The fourth-order valence-electron chi connectivity index (χ4n) is 2.10. The number of nitro benzene ring substituents is 2. The standard InChI is InChI=1S/C16H14N4O7/c1-26-14-4-3-10(5-15(14)27-2)9-17-18-16(21)11-6-12(19(22)23)8-13(7-11)20(24)25/h3-9H,1-2H3,(H,18,21)/b17-9+. The number of methoxy groups -OCH3 is 2. The van der Waals surface area contributed by atoms with Gasteiger partial charge in [-0.25, -0.2) is 5.43 Å². The van der Waals surface area contributed by atoms with Crippen LogP contribution in [0.2, 0.25) is 0 Å². The Morgan fingerprint density at radius 1 is 1.00 bits per heavy atom. The van der Waals surface area contributed by atoms with Crippen LogP contribution in [0.1, 0.15) is 15.9 Å². The highest BCUT2D eigenvalue weighted by Crippen LogP contribution is 2.27. The average molecular weight is 374 g/mol. The van der Waals surface area contributed by atoms with Crippen LogP contribution in [0.4, 0.5) is 11.4 Å². The number of amides is 1. The van der Waals surface area contributed by atoms with Crippen LogP contribution in [0.25, 0.3) is 0 Å². The van der Waals surface area contributed by atoms with E-state index < -0.39 is 27.1 Å². The normalized spacial score (nSPS) is 10.4. The van der Waals surface area contributed by atoms with Gasteiger partial charge in [-0.2, -0.15) is 5.10 Å². The molecule has 0 aromatic heterocycles. The molecule has 1 N–H and O–H groups in total. The molecule has 0 bridgehead atoms. The molecule has 11 nitrogen and oxygen atoms in total. The summed E-state index contributed by atoms with van der Waals surface area (Å²) in [5.41, 5.74) is 1.33. The zero-order valence-electron chi connectivity index (χ0n) is 14.2. The molecule has 0 atom stereocenters. The number of benzene rings is 2. The maximum Gasteiger partial charge on any atom is 0.277 e. The molecule has 0 heterocycles. The van der Waals surface area contributed by atoms with Crippen molar-refractivity contribution >= 4 is 23.5 Å². The monoisotopic (exact) mass is 374 g/mol. The van der Waals surface area contributed by atoms with Gasteiger partial charge in [0.05, 0.1) is 41.9 Å². The summed E-state index contributed by atoms with van der Waals surface area (Å²) in [6.45, 7) is 0. The van der Waals surface area contributed by atoms with Crippen LogP contribution < -0.4 is 14.9 Å². The van der Waals surface area contributed by atoms with Crippen molar-refractivity contribution in [3.8, 4) is 11.5 Å². The minimum atomic E-state index is -0.835. The van der Waals surface area contributed by atoms with Crippen molar-refractivity contribution < 1.29 is 24.1 Å². The number of hydrazone groups is 1. The second kappa shape index (κ2) is 8.38. The predicted octanol–water partition coefficient (Wildman–Crippen LogP) is 2.28. The van der Waals surface area contributed by atoms with Crippen molar-refractivity contribution in [2.24, 2.45) is 5.10 Å². The Hall–Kier alpha value is -4.02. The fourth-order valence-corrected chi connectivity index (χ4v) is 2.10. The molecule has 0 fully saturated rings. The summed E-state index contributed by atoms with van der Waals surface area (Å²) in [6.07, 6.45) is 1.31. The summed E-state index contributed by atoms with van der Waals surface area (Å²) in [5, 5.41) is 25.5. The summed E-state index contributed by atoms with van der Waals surface area (Å²) < 4.78 is 10.2. The maximum atomic E-state index is 12.1. The van der Waals surface area contributed by atoms with Gasteiger partial charge in [0, 0.05) is 12.1 Å². The summed E-state index contributed by atoms with van der Waals surface area (Å²) in [6, 6.07) is 7.54. The molecular weight excluding hydrogens is 360 g/mol. The van der Waals surface area contributed by atoms with E-state index >= 15 is 0 Å². The number of non-ortho nitro benzene ring substituents is 2. The van der Waals surface area contributed by atoms with Gasteiger partial charge < -0.3 is 9.47 Å². The SMILES string of the molecule is COc1ccc(/C=N/NC(=O)c2cc([N+](=O)[O-])cc([N+](=O)[O-])c2)cc1OC. The van der Waals surface area contributed by atoms with Crippen LogP contribution in [0, 0.1) is 20.2 Å². The Labute approximate surface area is 152 Å². The van der Waals surface area contributed by atoms with E-state index in [1.165, 1.54) is 20.4 Å². The van der Waals surface area contributed by atoms with Crippen LogP contribution in [0.5, 0.6) is 11.5 Å². The third kappa shape index (κ3) is 4.75. The maximum absolute atomic E-state index is 12.1. The number of rotatable bonds is 7. The third-order valence-corrected chi connectivity index (χ3v) is 3.37. The predicted molar refractivity (Wildman–Crippen MR) is 94.4 cm³/mol. The lowest BCUT2D eigenvalue weighted by Gasteiger charge is -2.07. The second-order valence-electron chi connectivity index (χ2n) is 5.07. The molecule has 1 amide bonds. The van der Waals surface area contributed by atoms with E-state index in [9.17, 15) is 25.0 Å². The molecule has 0 unspecified atom stereocenters. The van der Waals surface area contributed by atoms with E-state index in [2.05, 4.69) is 10.5 Å². The molecule has 2 aromatic carbocycles. The van der Waals surface area contributed by atoms with Crippen LogP contribution in [0.15, 0.2) is 41.5 Å². The molecule has 27 heavy (non-hydrogen) atoms. The number of hydrogen-bond donors (Lipinski definition) is 1. The van der Waals surface area contributed by atoms with Crippen LogP contribution in [-0.2, 0) is 0 Å². The summed E-state index contributed by atoms with van der Waals surface area (Å²) >= 11 is 0. The largest absolute Gasteiger partial charge is 0.493 e. The topological polar surface area (TPSA) is 146 Å². The molecule has 0 aliphatic carbocycles. The van der Waals surface area contributed by atoms with E-state index in [0.717, 1.165) is 18.2 Å². The Kier molecular flexibility index (Phi) is 5.99. The Morgan fingerprint density at radius 2 is 1.59 bits per heavy atom. The van der Waals surface area contributed by atoms with E-state index in [4.69, 9.17) is 9.47 Å². The van der Waals surface area contributed by atoms with Gasteiger partial charge in [-0.3, -0.25) is 25.0 Å². The van der Waals surface area contributed by atoms with Crippen molar-refractivity contribution in [2.75, 3.05) is 14.2 Å². The number of carbonyl (C=O) groups excluding carboxylic acids is 1. The molecule has 140 valence electrons. The Balaban J connectivity index is 2.19. The molecule has 0 radical (unpaired) electrons. The van der Waals surface area contributed by atoms with Gasteiger partial charge >= 0.3 is 0 Å². The highest BCUT2D eigenvalue weighted by Gasteiger charge is 2.19. The molecule has 2 aromatic rings. The summed E-state index contributed by atoms with van der Waals surface area (Å²) in [4.78, 5) is 32.2. The fraction of sp³-hybridized carbons (Fsp3) is 0.125. The first-order valence-corrected chi connectivity index (χ1v) is 7.35.